The third kappa shape index (κ3) is 3.64. The SMILES string of the molecule is CCC[C@@H](NC(=O)c1cccnc1SC)c1nccn1C. The molecular formula is C15H20N4OS. The molecule has 0 spiro atoms. The molecule has 2 rings (SSSR count). The number of nitrogens with one attached hydrogen (secondary N) is 1. The number of hydrogen-bond acceptors (Lipinski definition) is 4. The van der Waals surface area contributed by atoms with Crippen LogP contribution in [0.2, 0.25) is 0 Å². The summed E-state index contributed by atoms with van der Waals surface area (Å²) in [4.78, 5) is 21.1. The van der Waals surface area contributed by atoms with Gasteiger partial charge in [-0.1, -0.05) is 13.3 Å². The summed E-state index contributed by atoms with van der Waals surface area (Å²) in [6.45, 7) is 2.10. The van der Waals surface area contributed by atoms with Crippen LogP contribution >= 0.6 is 11.8 Å². The van der Waals surface area contributed by atoms with Gasteiger partial charge in [-0.05, 0) is 24.8 Å². The Hall–Kier alpha value is -1.82. The van der Waals surface area contributed by atoms with Gasteiger partial charge >= 0.3 is 0 Å². The number of thioether (sulfide) groups is 1. The lowest BCUT2D eigenvalue weighted by Crippen LogP contribution is -2.30. The first kappa shape index (κ1) is 15.6. The van der Waals surface area contributed by atoms with E-state index in [1.807, 2.05) is 24.1 Å². The molecule has 0 saturated carbocycles. The molecule has 21 heavy (non-hydrogen) atoms. The van der Waals surface area contributed by atoms with Crippen LogP contribution in [-0.2, 0) is 7.05 Å². The number of nitrogens with zero attached hydrogens (tertiary/aromatic N) is 3. The average molecular weight is 304 g/mol. The summed E-state index contributed by atoms with van der Waals surface area (Å²) < 4.78 is 1.94. The molecule has 1 amide bonds. The second-order valence-electron chi connectivity index (χ2n) is 4.77. The highest BCUT2D eigenvalue weighted by Crippen LogP contribution is 2.20. The lowest BCUT2D eigenvalue weighted by Gasteiger charge is -2.18. The zero-order valence-corrected chi connectivity index (χ0v) is 13.4. The molecule has 0 radical (unpaired) electrons. The molecule has 112 valence electrons. The van der Waals surface area contributed by atoms with E-state index in [4.69, 9.17) is 0 Å². The van der Waals surface area contributed by atoms with E-state index in [2.05, 4.69) is 22.2 Å². The van der Waals surface area contributed by atoms with Crippen molar-refractivity contribution in [2.45, 2.75) is 30.8 Å². The summed E-state index contributed by atoms with van der Waals surface area (Å²) in [6, 6.07) is 3.50. The highest BCUT2D eigenvalue weighted by atomic mass is 32.2. The fourth-order valence-corrected chi connectivity index (χ4v) is 2.78. The first-order valence-corrected chi connectivity index (χ1v) is 8.17. The molecule has 0 aliphatic heterocycles. The van der Waals surface area contributed by atoms with E-state index in [0.29, 0.717) is 5.56 Å². The Balaban J connectivity index is 2.21. The number of carbonyl (C=O) groups is 1. The minimum atomic E-state index is -0.103. The summed E-state index contributed by atoms with van der Waals surface area (Å²) in [5, 5.41) is 3.82. The van der Waals surface area contributed by atoms with Crippen molar-refractivity contribution in [3.8, 4) is 0 Å². The zero-order valence-electron chi connectivity index (χ0n) is 12.5. The summed E-state index contributed by atoms with van der Waals surface area (Å²) in [6.07, 6.45) is 9.08. The predicted octanol–water partition coefficient (Wildman–Crippen LogP) is 2.81. The second kappa shape index (κ2) is 7.26. The third-order valence-electron chi connectivity index (χ3n) is 3.26. The molecule has 0 aliphatic carbocycles. The van der Waals surface area contributed by atoms with Gasteiger partial charge in [0.2, 0.25) is 0 Å². The minimum Gasteiger partial charge on any atom is -0.342 e. The molecule has 2 aromatic heterocycles. The van der Waals surface area contributed by atoms with Crippen LogP contribution in [0.5, 0.6) is 0 Å². The van der Waals surface area contributed by atoms with Gasteiger partial charge < -0.3 is 9.88 Å². The third-order valence-corrected chi connectivity index (χ3v) is 3.97. The minimum absolute atomic E-state index is 0.0857. The summed E-state index contributed by atoms with van der Waals surface area (Å²) in [5.74, 6) is 0.772. The van der Waals surface area contributed by atoms with Gasteiger partial charge in [-0.15, -0.1) is 11.8 Å². The number of amides is 1. The van der Waals surface area contributed by atoms with Gasteiger partial charge in [0.15, 0.2) is 0 Å². The van der Waals surface area contributed by atoms with E-state index in [0.717, 1.165) is 23.7 Å². The van der Waals surface area contributed by atoms with Crippen LogP contribution in [0.3, 0.4) is 0 Å². The van der Waals surface area contributed by atoms with Crippen LogP contribution in [0.25, 0.3) is 0 Å². The molecule has 0 aromatic carbocycles. The van der Waals surface area contributed by atoms with Gasteiger partial charge in [-0.25, -0.2) is 9.97 Å². The first-order chi connectivity index (χ1) is 10.2. The van der Waals surface area contributed by atoms with E-state index >= 15 is 0 Å². The molecule has 6 heteroatoms. The highest BCUT2D eigenvalue weighted by molar-refractivity contribution is 7.98. The van der Waals surface area contributed by atoms with Crippen LogP contribution in [0.15, 0.2) is 35.7 Å². The maximum Gasteiger partial charge on any atom is 0.254 e. The summed E-state index contributed by atoms with van der Waals surface area (Å²) >= 11 is 1.47. The Kier molecular flexibility index (Phi) is 5.38. The number of carbonyl (C=O) groups excluding carboxylic acids is 1. The number of rotatable bonds is 6. The molecule has 0 bridgehead atoms. The van der Waals surface area contributed by atoms with Crippen LogP contribution in [-0.4, -0.2) is 26.7 Å². The number of aryl methyl sites for hydroxylation is 1. The van der Waals surface area contributed by atoms with Gasteiger partial charge in [-0.3, -0.25) is 4.79 Å². The number of aromatic nitrogens is 3. The lowest BCUT2D eigenvalue weighted by molar-refractivity contribution is 0.0928. The standard InChI is InChI=1S/C15H20N4OS/c1-4-6-12(13-16-9-10-19(13)2)18-14(20)11-7-5-8-17-15(11)21-3/h5,7-10,12H,4,6H2,1-3H3,(H,18,20)/t12-/m1/s1. The van der Waals surface area contributed by atoms with Crippen molar-refractivity contribution >= 4 is 17.7 Å². The lowest BCUT2D eigenvalue weighted by atomic mass is 10.1. The molecule has 1 N–H and O–H groups in total. The quantitative estimate of drug-likeness (QED) is 0.834. The largest absolute Gasteiger partial charge is 0.342 e. The van der Waals surface area contributed by atoms with E-state index < -0.39 is 0 Å². The van der Waals surface area contributed by atoms with E-state index in [1.54, 1.807) is 24.5 Å². The van der Waals surface area contributed by atoms with Crippen LogP contribution in [0, 0.1) is 0 Å². The first-order valence-electron chi connectivity index (χ1n) is 6.94. The van der Waals surface area contributed by atoms with Crippen molar-refractivity contribution in [3.05, 3.63) is 42.1 Å². The van der Waals surface area contributed by atoms with Gasteiger partial charge in [0, 0.05) is 25.6 Å². The van der Waals surface area contributed by atoms with Crippen LogP contribution < -0.4 is 5.32 Å². The highest BCUT2D eigenvalue weighted by Gasteiger charge is 2.20. The van der Waals surface area contributed by atoms with Crippen molar-refractivity contribution < 1.29 is 4.79 Å². The van der Waals surface area contributed by atoms with Gasteiger partial charge in [-0.2, -0.15) is 0 Å². The molecule has 0 saturated heterocycles. The van der Waals surface area contributed by atoms with Crippen molar-refractivity contribution in [2.75, 3.05) is 6.26 Å². The molecule has 5 nitrogen and oxygen atoms in total. The predicted molar refractivity (Wildman–Crippen MR) is 84.3 cm³/mol. The molecule has 2 aromatic rings. The average Bonchev–Trinajstić information content (AvgIpc) is 2.92. The fourth-order valence-electron chi connectivity index (χ4n) is 2.23. The molecular weight excluding hydrogens is 284 g/mol. The topological polar surface area (TPSA) is 59.8 Å². The van der Waals surface area contributed by atoms with E-state index in [9.17, 15) is 4.79 Å². The molecule has 0 fully saturated rings. The Morgan fingerprint density at radius 1 is 1.43 bits per heavy atom. The van der Waals surface area contributed by atoms with Crippen molar-refractivity contribution in [1.29, 1.82) is 0 Å². The van der Waals surface area contributed by atoms with E-state index in [1.165, 1.54) is 11.8 Å². The smallest absolute Gasteiger partial charge is 0.254 e. The summed E-state index contributed by atoms with van der Waals surface area (Å²) in [5.41, 5.74) is 0.611. The second-order valence-corrected chi connectivity index (χ2v) is 5.57. The number of pyridine rings is 1. The van der Waals surface area contributed by atoms with Crippen molar-refractivity contribution in [1.82, 2.24) is 19.9 Å². The number of hydrogen-bond donors (Lipinski definition) is 1. The maximum absolute atomic E-state index is 12.5. The molecule has 0 unspecified atom stereocenters. The Morgan fingerprint density at radius 3 is 2.86 bits per heavy atom. The van der Waals surface area contributed by atoms with E-state index in [-0.39, 0.29) is 11.9 Å². The molecule has 0 aliphatic rings. The monoisotopic (exact) mass is 304 g/mol. The Morgan fingerprint density at radius 2 is 2.24 bits per heavy atom. The molecule has 1 atom stereocenters. The normalized spacial score (nSPS) is 12.1. The van der Waals surface area contributed by atoms with Crippen molar-refractivity contribution in [2.24, 2.45) is 7.05 Å². The van der Waals surface area contributed by atoms with Crippen molar-refractivity contribution in [3.63, 3.8) is 0 Å². The Bertz CT molecular complexity index is 611. The number of imidazole rings is 1. The maximum atomic E-state index is 12.5. The van der Waals surface area contributed by atoms with Crippen LogP contribution in [0.4, 0.5) is 0 Å². The van der Waals surface area contributed by atoms with Gasteiger partial charge in [0.25, 0.3) is 5.91 Å². The molecule has 2 heterocycles. The summed E-state index contributed by atoms with van der Waals surface area (Å²) in [7, 11) is 1.94. The fraction of sp³-hybridized carbons (Fsp3) is 0.400. The van der Waals surface area contributed by atoms with Crippen LogP contribution in [0.1, 0.15) is 42.0 Å². The zero-order chi connectivity index (χ0) is 15.2. The Labute approximate surface area is 129 Å². The van der Waals surface area contributed by atoms with Gasteiger partial charge in [0.1, 0.15) is 10.9 Å². The van der Waals surface area contributed by atoms with Gasteiger partial charge in [0.05, 0.1) is 11.6 Å².